The molecule has 0 fully saturated rings. The van der Waals surface area contributed by atoms with Crippen molar-refractivity contribution in [2.45, 2.75) is 19.2 Å². The van der Waals surface area contributed by atoms with Crippen molar-refractivity contribution in [2.24, 2.45) is 0 Å². The van der Waals surface area contributed by atoms with Crippen LogP contribution in [0.1, 0.15) is 12.6 Å². The van der Waals surface area contributed by atoms with E-state index >= 15 is 0 Å². The highest BCUT2D eigenvalue weighted by atomic mass is 35.5. The van der Waals surface area contributed by atoms with E-state index in [9.17, 15) is 9.59 Å². The summed E-state index contributed by atoms with van der Waals surface area (Å²) in [4.78, 5) is 29.2. The number of benzene rings is 1. The Balaban J connectivity index is 1.81. The molecule has 1 aromatic heterocycles. The summed E-state index contributed by atoms with van der Waals surface area (Å²) in [5.41, 5.74) is 1.25. The molecule has 134 valence electrons. The number of aromatic nitrogens is 1. The second kappa shape index (κ2) is 6.16. The quantitative estimate of drug-likeness (QED) is 0.694. The second-order valence-electron chi connectivity index (χ2n) is 6.13. The van der Waals surface area contributed by atoms with Crippen LogP contribution in [0.2, 0.25) is 10.0 Å². The number of carbonyl (C=O) groups is 2. The topological polar surface area (TPSA) is 60.8 Å². The number of nitrogens with zero attached hydrogens (tertiary/aromatic N) is 2. The molecular formula is C18H14Cl2N2O4. The Morgan fingerprint density at radius 3 is 2.54 bits per heavy atom. The second-order valence-corrected chi connectivity index (χ2v) is 6.95. The van der Waals surface area contributed by atoms with Gasteiger partial charge in [0.25, 0.3) is 0 Å². The van der Waals surface area contributed by atoms with Crippen LogP contribution in [0.4, 0.5) is 0 Å². The Morgan fingerprint density at radius 2 is 1.77 bits per heavy atom. The normalized spacial score (nSPS) is 24.0. The number of hydrogen-bond acceptors (Lipinski definition) is 5. The van der Waals surface area contributed by atoms with Crippen molar-refractivity contribution in [1.29, 1.82) is 0 Å². The smallest absolute Gasteiger partial charge is 0.350 e. The SMILES string of the molecule is CC12OC(=O)/C=C/C(=O)ON1CCn1c(-c3ccc(Cl)c(Cl)c3)ccc12. The maximum Gasteiger partial charge on any atom is 0.350 e. The lowest BCUT2D eigenvalue weighted by molar-refractivity contribution is -0.291. The van der Waals surface area contributed by atoms with E-state index in [1.807, 2.05) is 22.8 Å². The molecule has 2 aliphatic heterocycles. The first-order chi connectivity index (χ1) is 12.4. The molecule has 0 N–H and O–H groups in total. The minimum Gasteiger partial charge on any atom is -0.432 e. The van der Waals surface area contributed by atoms with Gasteiger partial charge in [0.05, 0.1) is 22.3 Å². The van der Waals surface area contributed by atoms with Gasteiger partial charge in [0, 0.05) is 24.4 Å². The first-order valence-electron chi connectivity index (χ1n) is 7.94. The predicted molar refractivity (Wildman–Crippen MR) is 95.3 cm³/mol. The van der Waals surface area contributed by atoms with Gasteiger partial charge in [-0.05, 0) is 36.8 Å². The molecule has 0 saturated heterocycles. The van der Waals surface area contributed by atoms with E-state index in [0.29, 0.717) is 28.8 Å². The molecule has 26 heavy (non-hydrogen) atoms. The van der Waals surface area contributed by atoms with Gasteiger partial charge in [-0.3, -0.25) is 0 Å². The van der Waals surface area contributed by atoms with Crippen LogP contribution in [-0.4, -0.2) is 28.1 Å². The lowest BCUT2D eigenvalue weighted by Crippen LogP contribution is -2.54. The van der Waals surface area contributed by atoms with Gasteiger partial charge in [-0.2, -0.15) is 0 Å². The number of hydrogen-bond donors (Lipinski definition) is 0. The summed E-state index contributed by atoms with van der Waals surface area (Å²) in [6.07, 6.45) is 2.11. The van der Waals surface area contributed by atoms with Crippen LogP contribution in [-0.2, 0) is 31.4 Å². The van der Waals surface area contributed by atoms with Gasteiger partial charge in [-0.15, -0.1) is 0 Å². The highest BCUT2D eigenvalue weighted by Gasteiger charge is 2.46. The molecule has 1 aromatic carbocycles. The number of ether oxygens (including phenoxy) is 1. The molecule has 8 heteroatoms. The molecule has 1 unspecified atom stereocenters. The van der Waals surface area contributed by atoms with Crippen molar-refractivity contribution >= 4 is 35.1 Å². The first-order valence-corrected chi connectivity index (χ1v) is 8.70. The molecule has 2 aliphatic rings. The number of carbonyl (C=O) groups excluding carboxylic acids is 2. The highest BCUT2D eigenvalue weighted by molar-refractivity contribution is 6.42. The Labute approximate surface area is 159 Å². The van der Waals surface area contributed by atoms with Crippen LogP contribution < -0.4 is 0 Å². The number of rotatable bonds is 1. The van der Waals surface area contributed by atoms with Crippen LogP contribution >= 0.6 is 23.2 Å². The molecule has 0 bridgehead atoms. The zero-order valence-electron chi connectivity index (χ0n) is 13.7. The maximum absolute atomic E-state index is 12.0. The number of fused-ring (bicyclic) bond motifs is 3. The van der Waals surface area contributed by atoms with Gasteiger partial charge in [-0.1, -0.05) is 34.3 Å². The van der Waals surface area contributed by atoms with Crippen LogP contribution in [0.5, 0.6) is 0 Å². The molecule has 3 heterocycles. The molecule has 0 aliphatic carbocycles. The molecule has 0 saturated carbocycles. The minimum atomic E-state index is -1.23. The molecule has 6 nitrogen and oxygen atoms in total. The minimum absolute atomic E-state index is 0.360. The van der Waals surface area contributed by atoms with Gasteiger partial charge < -0.3 is 14.1 Å². The third-order valence-corrected chi connectivity index (χ3v) is 5.27. The molecule has 1 atom stereocenters. The van der Waals surface area contributed by atoms with Gasteiger partial charge in [0.2, 0.25) is 5.72 Å². The van der Waals surface area contributed by atoms with Gasteiger partial charge >= 0.3 is 11.9 Å². The number of esters is 1. The predicted octanol–water partition coefficient (Wildman–Crippen LogP) is 3.52. The average molecular weight is 393 g/mol. The standard InChI is InChI=1S/C18H14Cl2N2O4/c1-18-15-5-4-14(11-2-3-12(19)13(20)10-11)21(15)8-9-22(18)26-17(24)7-6-16(23)25-18/h2-7,10H,8-9H2,1H3/b7-6+. The summed E-state index contributed by atoms with van der Waals surface area (Å²) in [5, 5.41) is 2.33. The Kier molecular flexibility index (Phi) is 4.06. The Morgan fingerprint density at radius 1 is 1.00 bits per heavy atom. The van der Waals surface area contributed by atoms with E-state index < -0.39 is 17.7 Å². The van der Waals surface area contributed by atoms with Crippen molar-refractivity contribution in [3.8, 4) is 11.3 Å². The molecule has 2 aromatic rings. The third-order valence-electron chi connectivity index (χ3n) is 4.53. The van der Waals surface area contributed by atoms with Crippen LogP contribution in [0.15, 0.2) is 42.5 Å². The lowest BCUT2D eigenvalue weighted by Gasteiger charge is -2.42. The van der Waals surface area contributed by atoms with Crippen molar-refractivity contribution in [3.05, 3.63) is 58.2 Å². The van der Waals surface area contributed by atoms with E-state index in [-0.39, 0.29) is 0 Å². The Hall–Kier alpha value is -2.28. The maximum atomic E-state index is 12.0. The number of hydroxylamine groups is 2. The summed E-state index contributed by atoms with van der Waals surface area (Å²) in [7, 11) is 0. The van der Waals surface area contributed by atoms with E-state index in [4.69, 9.17) is 32.8 Å². The average Bonchev–Trinajstić information content (AvgIpc) is 3.02. The van der Waals surface area contributed by atoms with Crippen LogP contribution in [0.25, 0.3) is 11.3 Å². The molecule has 4 rings (SSSR count). The van der Waals surface area contributed by atoms with E-state index in [1.165, 1.54) is 5.06 Å². The van der Waals surface area contributed by atoms with Crippen molar-refractivity contribution in [1.82, 2.24) is 9.63 Å². The molecule has 0 radical (unpaired) electrons. The van der Waals surface area contributed by atoms with E-state index in [0.717, 1.165) is 23.4 Å². The van der Waals surface area contributed by atoms with Crippen LogP contribution in [0.3, 0.4) is 0 Å². The number of halogens is 2. The van der Waals surface area contributed by atoms with E-state index in [1.54, 1.807) is 19.1 Å². The monoisotopic (exact) mass is 392 g/mol. The molecule has 0 amide bonds. The van der Waals surface area contributed by atoms with Crippen molar-refractivity contribution < 1.29 is 19.2 Å². The lowest BCUT2D eigenvalue weighted by atomic mass is 10.1. The van der Waals surface area contributed by atoms with Gasteiger partial charge in [-0.25, -0.2) is 9.59 Å². The summed E-state index contributed by atoms with van der Waals surface area (Å²) in [6, 6.07) is 9.15. The highest BCUT2D eigenvalue weighted by Crippen LogP contribution is 2.39. The molecular weight excluding hydrogens is 379 g/mol. The third kappa shape index (κ3) is 2.70. The fourth-order valence-corrected chi connectivity index (χ4v) is 3.59. The van der Waals surface area contributed by atoms with E-state index in [2.05, 4.69) is 0 Å². The van der Waals surface area contributed by atoms with Crippen LogP contribution in [0, 0.1) is 0 Å². The summed E-state index contributed by atoms with van der Waals surface area (Å²) >= 11 is 12.1. The Bertz CT molecular complexity index is 953. The van der Waals surface area contributed by atoms with Crippen molar-refractivity contribution in [2.75, 3.05) is 6.54 Å². The van der Waals surface area contributed by atoms with Gasteiger partial charge in [0.15, 0.2) is 0 Å². The summed E-state index contributed by atoms with van der Waals surface area (Å²) < 4.78 is 7.62. The zero-order chi connectivity index (χ0) is 18.5. The molecule has 0 spiro atoms. The largest absolute Gasteiger partial charge is 0.432 e. The van der Waals surface area contributed by atoms with Gasteiger partial charge in [0.1, 0.15) is 0 Å². The fourth-order valence-electron chi connectivity index (χ4n) is 3.29. The summed E-state index contributed by atoms with van der Waals surface area (Å²) in [5.74, 6) is -1.22. The summed E-state index contributed by atoms with van der Waals surface area (Å²) in [6.45, 7) is 2.60. The fraction of sp³-hybridized carbons (Fsp3) is 0.222. The van der Waals surface area contributed by atoms with Crippen molar-refractivity contribution in [3.63, 3.8) is 0 Å². The first kappa shape index (κ1) is 17.1. The zero-order valence-corrected chi connectivity index (χ0v) is 15.3.